The van der Waals surface area contributed by atoms with Crippen LogP contribution in [0.4, 0.5) is 9.18 Å². The molecule has 1 saturated heterocycles. The van der Waals surface area contributed by atoms with Crippen molar-refractivity contribution in [2.45, 2.75) is 45.1 Å². The average Bonchev–Trinajstić information content (AvgIpc) is 3.03. The predicted molar refractivity (Wildman–Crippen MR) is 100 cm³/mol. The summed E-state index contributed by atoms with van der Waals surface area (Å²) in [6.45, 7) is 6.26. The number of aromatic amines is 1. The van der Waals surface area contributed by atoms with Crippen LogP contribution in [0.3, 0.4) is 0 Å². The number of fused-ring (bicyclic) bond motifs is 1. The highest BCUT2D eigenvalue weighted by Gasteiger charge is 2.30. The summed E-state index contributed by atoms with van der Waals surface area (Å²) in [6.07, 6.45) is 0.988. The molecule has 1 aromatic carbocycles. The molecular weight excluding hydrogens is 375 g/mol. The van der Waals surface area contributed by atoms with Crippen molar-refractivity contribution in [3.8, 4) is 0 Å². The summed E-state index contributed by atoms with van der Waals surface area (Å²) in [4.78, 5) is 27.7. The van der Waals surface area contributed by atoms with Crippen LogP contribution in [0.2, 0.25) is 5.02 Å². The number of ether oxygens (including phenoxy) is 1. The van der Waals surface area contributed by atoms with E-state index in [1.165, 1.54) is 12.1 Å². The van der Waals surface area contributed by atoms with Gasteiger partial charge in [-0.15, -0.1) is 0 Å². The Morgan fingerprint density at radius 2 is 2.07 bits per heavy atom. The lowest BCUT2D eigenvalue weighted by atomic mass is 9.90. The molecular formula is C19H22ClFN2O4. The number of amides is 1. The van der Waals surface area contributed by atoms with Crippen LogP contribution in [-0.2, 0) is 4.74 Å². The molecule has 0 aliphatic carbocycles. The third-order valence-electron chi connectivity index (χ3n) is 4.57. The number of nitrogens with zero attached hydrogens (tertiary/aromatic N) is 1. The van der Waals surface area contributed by atoms with Gasteiger partial charge in [0.15, 0.2) is 5.82 Å². The second kappa shape index (κ2) is 7.03. The predicted octanol–water partition coefficient (Wildman–Crippen LogP) is 4.77. The molecule has 0 spiro atoms. The number of aromatic nitrogens is 1. The molecule has 1 atom stereocenters. The Balaban J connectivity index is 1.91. The van der Waals surface area contributed by atoms with E-state index in [0.29, 0.717) is 36.9 Å². The number of piperidine rings is 1. The van der Waals surface area contributed by atoms with Gasteiger partial charge in [-0.05, 0) is 51.3 Å². The van der Waals surface area contributed by atoms with E-state index in [2.05, 4.69) is 4.98 Å². The Bertz CT molecular complexity index is 903. The van der Waals surface area contributed by atoms with Gasteiger partial charge in [0.2, 0.25) is 0 Å². The Morgan fingerprint density at radius 3 is 2.70 bits per heavy atom. The molecule has 0 saturated carbocycles. The fourth-order valence-electron chi connectivity index (χ4n) is 3.37. The lowest BCUT2D eigenvalue weighted by Gasteiger charge is -2.34. The zero-order chi connectivity index (χ0) is 19.9. The van der Waals surface area contributed by atoms with Crippen LogP contribution in [0.15, 0.2) is 12.1 Å². The maximum atomic E-state index is 15.1. The first-order valence-corrected chi connectivity index (χ1v) is 9.16. The molecule has 1 aliphatic heterocycles. The summed E-state index contributed by atoms with van der Waals surface area (Å²) in [5.41, 5.74) is -0.277. The van der Waals surface area contributed by atoms with E-state index in [9.17, 15) is 9.59 Å². The van der Waals surface area contributed by atoms with E-state index < -0.39 is 23.5 Å². The third-order valence-corrected chi connectivity index (χ3v) is 4.89. The quantitative estimate of drug-likeness (QED) is 0.765. The number of carbonyl (C=O) groups is 2. The van der Waals surface area contributed by atoms with Crippen molar-refractivity contribution in [2.24, 2.45) is 0 Å². The molecule has 8 heteroatoms. The number of hydrogen-bond acceptors (Lipinski definition) is 3. The highest BCUT2D eigenvalue weighted by molar-refractivity contribution is 6.35. The Kier molecular flexibility index (Phi) is 5.08. The van der Waals surface area contributed by atoms with E-state index in [0.717, 1.165) is 0 Å². The van der Waals surface area contributed by atoms with E-state index in [1.807, 2.05) is 0 Å². The van der Waals surface area contributed by atoms with Crippen LogP contribution in [0.25, 0.3) is 10.9 Å². The SMILES string of the molecule is CC(C)(C)OC(=O)N1CCC[C@H](c2cc(Cl)c3cc(C(=O)O)[nH]c3c2F)C1. The fraction of sp³-hybridized carbons (Fsp3) is 0.474. The van der Waals surface area contributed by atoms with Gasteiger partial charge >= 0.3 is 12.1 Å². The van der Waals surface area contributed by atoms with Gasteiger partial charge in [0.05, 0.1) is 10.5 Å². The Hall–Kier alpha value is -2.28. The largest absolute Gasteiger partial charge is 0.477 e. The monoisotopic (exact) mass is 396 g/mol. The second-order valence-electron chi connectivity index (χ2n) is 7.80. The Labute approximate surface area is 161 Å². The normalized spacial score (nSPS) is 18.0. The van der Waals surface area contributed by atoms with Gasteiger partial charge in [0, 0.05) is 24.4 Å². The number of halogens is 2. The maximum absolute atomic E-state index is 15.1. The van der Waals surface area contributed by atoms with Crippen molar-refractivity contribution in [1.29, 1.82) is 0 Å². The van der Waals surface area contributed by atoms with Crippen molar-refractivity contribution in [3.63, 3.8) is 0 Å². The first kappa shape index (κ1) is 19.5. The summed E-state index contributed by atoms with van der Waals surface area (Å²) in [5, 5.41) is 9.73. The highest BCUT2D eigenvalue weighted by atomic mass is 35.5. The van der Waals surface area contributed by atoms with Crippen molar-refractivity contribution in [1.82, 2.24) is 9.88 Å². The molecule has 2 aromatic rings. The molecule has 2 heterocycles. The van der Waals surface area contributed by atoms with Crippen molar-refractivity contribution >= 4 is 34.6 Å². The van der Waals surface area contributed by atoms with Gasteiger partial charge in [0.25, 0.3) is 0 Å². The number of likely N-dealkylation sites (tertiary alicyclic amines) is 1. The minimum Gasteiger partial charge on any atom is -0.477 e. The minimum atomic E-state index is -1.18. The zero-order valence-corrected chi connectivity index (χ0v) is 16.2. The maximum Gasteiger partial charge on any atom is 0.410 e. The van der Waals surface area contributed by atoms with Crippen molar-refractivity contribution in [3.05, 3.63) is 34.2 Å². The molecule has 1 aromatic heterocycles. The van der Waals surface area contributed by atoms with Crippen molar-refractivity contribution in [2.75, 3.05) is 13.1 Å². The molecule has 2 N–H and O–H groups in total. The summed E-state index contributed by atoms with van der Waals surface area (Å²) in [6, 6.07) is 2.85. The van der Waals surface area contributed by atoms with E-state index >= 15 is 4.39 Å². The molecule has 3 rings (SSSR count). The number of carboxylic acid groups (broad SMARTS) is 1. The first-order valence-electron chi connectivity index (χ1n) is 8.78. The zero-order valence-electron chi connectivity index (χ0n) is 15.4. The topological polar surface area (TPSA) is 82.6 Å². The molecule has 1 amide bonds. The molecule has 6 nitrogen and oxygen atoms in total. The van der Waals surface area contributed by atoms with Crippen LogP contribution in [0, 0.1) is 5.82 Å². The summed E-state index contributed by atoms with van der Waals surface area (Å²) >= 11 is 6.27. The minimum absolute atomic E-state index is 0.0734. The number of hydrogen-bond donors (Lipinski definition) is 2. The molecule has 0 bridgehead atoms. The number of rotatable bonds is 2. The smallest absolute Gasteiger partial charge is 0.410 e. The Morgan fingerprint density at radius 1 is 1.37 bits per heavy atom. The number of carbonyl (C=O) groups excluding carboxylic acids is 1. The molecule has 0 unspecified atom stereocenters. The van der Waals surface area contributed by atoms with Gasteiger partial charge in [0.1, 0.15) is 11.3 Å². The van der Waals surface area contributed by atoms with Crippen LogP contribution in [-0.4, -0.2) is 45.7 Å². The lowest BCUT2D eigenvalue weighted by molar-refractivity contribution is 0.0197. The highest BCUT2D eigenvalue weighted by Crippen LogP contribution is 2.36. The van der Waals surface area contributed by atoms with Gasteiger partial charge in [-0.2, -0.15) is 0 Å². The second-order valence-corrected chi connectivity index (χ2v) is 8.21. The van der Waals surface area contributed by atoms with Crippen LogP contribution in [0.5, 0.6) is 0 Å². The van der Waals surface area contributed by atoms with Gasteiger partial charge in [-0.1, -0.05) is 11.6 Å². The van der Waals surface area contributed by atoms with Crippen LogP contribution >= 0.6 is 11.6 Å². The van der Waals surface area contributed by atoms with E-state index in [4.69, 9.17) is 21.4 Å². The number of aromatic carboxylic acids is 1. The molecule has 1 fully saturated rings. The number of H-pyrrole nitrogens is 1. The van der Waals surface area contributed by atoms with Gasteiger partial charge in [-0.3, -0.25) is 0 Å². The summed E-state index contributed by atoms with van der Waals surface area (Å²) in [5.74, 6) is -1.96. The fourth-order valence-corrected chi connectivity index (χ4v) is 3.64. The molecule has 146 valence electrons. The van der Waals surface area contributed by atoms with Gasteiger partial charge in [-0.25, -0.2) is 14.0 Å². The molecule has 0 radical (unpaired) electrons. The van der Waals surface area contributed by atoms with Crippen LogP contribution < -0.4 is 0 Å². The van der Waals surface area contributed by atoms with E-state index in [1.54, 1.807) is 25.7 Å². The summed E-state index contributed by atoms with van der Waals surface area (Å²) in [7, 11) is 0. The van der Waals surface area contributed by atoms with E-state index in [-0.39, 0.29) is 22.2 Å². The third kappa shape index (κ3) is 4.03. The van der Waals surface area contributed by atoms with Crippen molar-refractivity contribution < 1.29 is 23.8 Å². The number of nitrogens with one attached hydrogen (secondary N) is 1. The lowest BCUT2D eigenvalue weighted by Crippen LogP contribution is -2.42. The van der Waals surface area contributed by atoms with Gasteiger partial charge < -0.3 is 19.7 Å². The summed E-state index contributed by atoms with van der Waals surface area (Å²) < 4.78 is 20.5. The first-order chi connectivity index (χ1) is 12.6. The molecule has 27 heavy (non-hydrogen) atoms. The van der Waals surface area contributed by atoms with Crippen LogP contribution in [0.1, 0.15) is 55.6 Å². The average molecular weight is 397 g/mol. The molecule has 1 aliphatic rings. The number of carboxylic acids is 1. The number of benzene rings is 1. The standard InChI is InChI=1S/C19H22ClFN2O4/c1-19(2,3)27-18(26)23-6-4-5-10(9-23)11-7-13(20)12-8-14(17(24)25)22-16(12)15(11)21/h7-8,10,22H,4-6,9H2,1-3H3,(H,24,25)/t10-/m0/s1.